The maximum Gasteiger partial charge on any atom is 0.145 e. The molecule has 0 radical (unpaired) electrons. The van der Waals surface area contributed by atoms with Crippen molar-refractivity contribution < 1.29 is 43.3 Å². The van der Waals surface area contributed by atoms with E-state index in [0.717, 1.165) is 61.5 Å². The summed E-state index contributed by atoms with van der Waals surface area (Å²) in [6.45, 7) is 23.0. The highest BCUT2D eigenvalue weighted by Crippen LogP contribution is 2.40. The van der Waals surface area contributed by atoms with E-state index in [1.54, 1.807) is 104 Å². The summed E-state index contributed by atoms with van der Waals surface area (Å²) in [5.74, 6) is 3.96. The molecule has 14 atom stereocenters. The molecule has 0 unspecified atom stereocenters. The summed E-state index contributed by atoms with van der Waals surface area (Å²) in [4.78, 5) is 10.6. The lowest BCUT2D eigenvalue weighted by molar-refractivity contribution is 0.407. The normalized spacial score (nSPS) is 14.4. The molecule has 0 amide bonds. The third-order valence-corrected chi connectivity index (χ3v) is 28.0. The third kappa shape index (κ3) is 35.8. The molecule has 0 aliphatic carbocycles. The van der Waals surface area contributed by atoms with Gasteiger partial charge in [0.15, 0.2) is 0 Å². The molecule has 0 saturated carbocycles. The summed E-state index contributed by atoms with van der Waals surface area (Å²) in [5.41, 5.74) is 40.8. The lowest BCUT2D eigenvalue weighted by atomic mass is 9.96. The van der Waals surface area contributed by atoms with Crippen LogP contribution in [0.5, 0.6) is 0 Å². The van der Waals surface area contributed by atoms with Crippen LogP contribution in [0.2, 0.25) is 25.1 Å². The minimum Gasteiger partial charge on any atom is -0.468 e. The first-order valence-electron chi connectivity index (χ1n) is 43.9. The first-order chi connectivity index (χ1) is 65.3. The van der Waals surface area contributed by atoms with Gasteiger partial charge >= 0.3 is 0 Å². The molecule has 140 heavy (non-hydrogen) atoms. The van der Waals surface area contributed by atoms with Gasteiger partial charge in [-0.25, -0.2) is 31.0 Å². The highest BCUT2D eigenvalue weighted by Gasteiger charge is 2.36. The van der Waals surface area contributed by atoms with Crippen molar-refractivity contribution in [2.24, 2.45) is 43.1 Å². The number of nitrogens with one attached hydrogen (secondary N) is 3. The maximum absolute atomic E-state index is 13.3. The summed E-state index contributed by atoms with van der Waals surface area (Å²) < 4.78 is 95.0. The van der Waals surface area contributed by atoms with Gasteiger partial charge in [-0.05, 0) is 244 Å². The fraction of sp³-hybridized carbons (Fsp3) is 0.264. The molecule has 15 aromatic rings. The molecule has 0 aliphatic rings. The van der Waals surface area contributed by atoms with Gasteiger partial charge in [0, 0.05) is 47.4 Å². The Bertz CT molecular complexity index is 5840. The van der Waals surface area contributed by atoms with Crippen LogP contribution in [-0.4, -0.2) is 53.5 Å². The van der Waals surface area contributed by atoms with E-state index in [1.165, 1.54) is 6.21 Å². The van der Waals surface area contributed by atoms with Gasteiger partial charge in [-0.3, -0.25) is 9.98 Å². The molecule has 9 aromatic carbocycles. The molecule has 0 spiro atoms. The molecule has 0 fully saturated rings. The van der Waals surface area contributed by atoms with Crippen LogP contribution in [0, 0.1) is 0 Å². The van der Waals surface area contributed by atoms with Gasteiger partial charge in [-0.2, -0.15) is 4.40 Å². The average Bonchev–Trinajstić information content (AvgIpc) is 1.37. The molecule has 15 rings (SSSR count). The zero-order valence-electron chi connectivity index (χ0n) is 78.2. The second kappa shape index (κ2) is 56.3. The summed E-state index contributed by atoms with van der Waals surface area (Å²) in [6, 6.07) is 95.5. The highest BCUT2D eigenvalue weighted by atomic mass is 35.5. The summed E-state index contributed by atoms with van der Waals surface area (Å²) in [6.07, 6.45) is 11.1. The van der Waals surface area contributed by atoms with Gasteiger partial charge in [-0.1, -0.05) is 262 Å². The lowest BCUT2D eigenvalue weighted by Gasteiger charge is -2.28. The Morgan fingerprint density at radius 3 is 0.757 bits per heavy atom. The first kappa shape index (κ1) is 116. The van der Waals surface area contributed by atoms with Gasteiger partial charge in [0.25, 0.3) is 0 Å². The number of hydrogen-bond acceptors (Lipinski definition) is 17. The van der Waals surface area contributed by atoms with Gasteiger partial charge in [0.2, 0.25) is 0 Å². The fourth-order valence-electron chi connectivity index (χ4n) is 13.0. The number of nitrogens with two attached hydrogens (primary N) is 5. The number of furan rings is 6. The fourth-order valence-corrected chi connectivity index (χ4v) is 16.7. The van der Waals surface area contributed by atoms with E-state index >= 15 is 0 Å². The van der Waals surface area contributed by atoms with Crippen molar-refractivity contribution in [3.63, 3.8) is 0 Å². The van der Waals surface area contributed by atoms with Crippen LogP contribution < -0.4 is 42.8 Å². The van der Waals surface area contributed by atoms with E-state index in [2.05, 4.69) is 18.6 Å². The monoisotopic (exact) mass is 2070 g/mol. The molecule has 0 aliphatic heterocycles. The summed E-state index contributed by atoms with van der Waals surface area (Å²) in [5, 5.41) is 3.30. The Balaban J connectivity index is 0.000000236. The molecule has 13 N–H and O–H groups in total. The predicted octanol–water partition coefficient (Wildman–Crippen LogP) is 27.7. The van der Waals surface area contributed by atoms with Crippen LogP contribution in [0.1, 0.15) is 250 Å². The molecular formula is C110H130Cl5N11O10S4. The second-order valence-electron chi connectivity index (χ2n) is 35.3. The molecule has 744 valence electrons. The van der Waals surface area contributed by atoms with Crippen molar-refractivity contribution >= 4 is 120 Å². The number of hydrogen-bond donors (Lipinski definition) is 8. The number of rotatable bonds is 29. The van der Waals surface area contributed by atoms with Crippen LogP contribution in [0.15, 0.2) is 394 Å². The van der Waals surface area contributed by atoms with Crippen molar-refractivity contribution in [2.75, 3.05) is 0 Å². The van der Waals surface area contributed by atoms with Gasteiger partial charge in [-0.15, -0.1) is 0 Å². The van der Waals surface area contributed by atoms with E-state index in [9.17, 15) is 16.8 Å². The standard InChI is InChI=1S/2C29H29ClN2O2S.C16H21ClN2O2S.2C12H13ClN2O.C9H13NO2S.3CH4/c2*1-29(2,3)35(33)32-28(25-15-10-20-34-25)27(23-16-18-24(30)19-17-23)31-26(21-11-6-4-7-12-21)22-13-8-5-9-14-22;1-16(2,3)22(20)19-15(13-5-4-10-21-13)14(18)11-6-8-12(17)9-7-11;2*13-9-5-3-8(4-6-9)11(14)12(15)10-2-1-7-16-10;1-9(2,3)13(11)10-7-8-5-4-6-12-8;;;/h2*4-20,27-28,32H,1-3H3;4-10,14-15,19H,18H2,1-3H3;2*1-7,11-12H,14-15H2;4-7H,1-3H3;3*1H4/t2*27-,28+,35+;14-,15+,22+;2*11-,12+;13-;;;/m000001.../s1. The van der Waals surface area contributed by atoms with E-state index < -0.39 is 94.4 Å². The quantitative estimate of drug-likeness (QED) is 0.0202. The summed E-state index contributed by atoms with van der Waals surface area (Å²) >= 11 is 30.0. The summed E-state index contributed by atoms with van der Waals surface area (Å²) in [7, 11) is -5.20. The highest BCUT2D eigenvalue weighted by molar-refractivity contribution is 7.85. The van der Waals surface area contributed by atoms with E-state index in [0.29, 0.717) is 59.7 Å². The van der Waals surface area contributed by atoms with Crippen LogP contribution in [0.4, 0.5) is 0 Å². The molecule has 0 saturated heterocycles. The number of nitrogens with zero attached hydrogens (tertiary/aromatic N) is 3. The molecular weight excluding hydrogens is 1940 g/mol. The SMILES string of the molecule is C.C.C.CC(C)(C)[S@@](=O)N=Cc1ccco1.CC(C)(C)[S@@](=O)N[C@H](c1ccco1)[C@@H](N)c1ccc(Cl)cc1.CC(C)(C)[S@@](=O)N[C@H](c1ccco1)[C@@H](N=C(c1ccccc1)c1ccccc1)c1ccc(Cl)cc1.CC(C)(C)[S@@](=O)N[C@H](c1ccco1)[C@@H](N=C(c1ccccc1)c1ccccc1)c1ccc(Cl)cc1.N[C@H](c1ccco1)[C@@H](N)c1ccc(Cl)cc1.N[C@H](c1ccco1)[C@@H](N)c1ccc(Cl)cc1. The van der Waals surface area contributed by atoms with E-state index in [1.807, 2.05) is 332 Å². The van der Waals surface area contributed by atoms with Gasteiger partial charge < -0.3 is 55.2 Å². The Labute approximate surface area is 860 Å². The van der Waals surface area contributed by atoms with Crippen LogP contribution in [0.25, 0.3) is 0 Å². The van der Waals surface area contributed by atoms with Crippen molar-refractivity contribution in [2.45, 2.75) is 185 Å². The van der Waals surface area contributed by atoms with Crippen LogP contribution >= 0.6 is 58.0 Å². The molecule has 30 heteroatoms. The lowest BCUT2D eigenvalue weighted by Crippen LogP contribution is -2.39. The molecule has 6 aromatic heterocycles. The smallest absolute Gasteiger partial charge is 0.145 e. The second-order valence-corrected chi connectivity index (χ2v) is 45.4. The van der Waals surface area contributed by atoms with Crippen molar-refractivity contribution in [1.82, 2.24) is 14.2 Å². The molecule has 0 bridgehead atoms. The number of benzene rings is 9. The first-order valence-corrected chi connectivity index (χ1v) is 50.4. The zero-order valence-corrected chi connectivity index (χ0v) is 85.2. The number of aliphatic imine (C=N–C) groups is 2. The molecule has 21 nitrogen and oxygen atoms in total. The van der Waals surface area contributed by atoms with E-state index in [4.69, 9.17) is 123 Å². The Hall–Kier alpha value is -10.6. The minimum atomic E-state index is -1.36. The number of halogens is 5. The predicted molar refractivity (Wildman–Crippen MR) is 584 cm³/mol. The van der Waals surface area contributed by atoms with Crippen molar-refractivity contribution in [1.29, 1.82) is 0 Å². The van der Waals surface area contributed by atoms with Gasteiger partial charge in [0.1, 0.15) is 57.6 Å². The minimum absolute atomic E-state index is 0. The molecule has 6 heterocycles. The zero-order chi connectivity index (χ0) is 99.0. The Kier molecular flexibility index (Phi) is 46.8. The maximum atomic E-state index is 13.3. The van der Waals surface area contributed by atoms with E-state index in [-0.39, 0.29) is 51.2 Å². The van der Waals surface area contributed by atoms with Crippen LogP contribution in [-0.2, 0) is 43.9 Å². The van der Waals surface area contributed by atoms with Crippen molar-refractivity contribution in [3.05, 3.63) is 463 Å². The Morgan fingerprint density at radius 1 is 0.279 bits per heavy atom. The van der Waals surface area contributed by atoms with Crippen molar-refractivity contribution in [3.8, 4) is 0 Å². The largest absolute Gasteiger partial charge is 0.468 e. The topological polar surface area (TPSA) is 350 Å². The van der Waals surface area contributed by atoms with Crippen LogP contribution in [0.3, 0.4) is 0 Å². The third-order valence-electron chi connectivity index (χ3n) is 20.7. The average molecular weight is 2070 g/mol. The van der Waals surface area contributed by atoms with Gasteiger partial charge in [0.05, 0.1) is 155 Å². The Morgan fingerprint density at radius 2 is 0.514 bits per heavy atom.